The first-order valence-corrected chi connectivity index (χ1v) is 5.73. The quantitative estimate of drug-likeness (QED) is 0.800. The van der Waals surface area contributed by atoms with Crippen molar-refractivity contribution < 1.29 is 9.53 Å². The Morgan fingerprint density at radius 3 is 2.82 bits per heavy atom. The molecule has 4 heteroatoms. The zero-order valence-corrected chi connectivity index (χ0v) is 9.27. The number of anilines is 1. The van der Waals surface area contributed by atoms with E-state index in [9.17, 15) is 10.1 Å². The highest BCUT2D eigenvalue weighted by Crippen LogP contribution is 2.47. The lowest BCUT2D eigenvalue weighted by molar-refractivity contribution is -0.130. The molecule has 1 unspecified atom stereocenters. The summed E-state index contributed by atoms with van der Waals surface area (Å²) in [6.45, 7) is 0. The van der Waals surface area contributed by atoms with E-state index in [1.807, 2.05) is 18.2 Å². The number of carbonyl (C=O) groups is 1. The van der Waals surface area contributed by atoms with Crippen molar-refractivity contribution in [2.75, 3.05) is 5.32 Å². The van der Waals surface area contributed by atoms with Crippen LogP contribution in [0.1, 0.15) is 19.3 Å². The molecule has 86 valence electrons. The van der Waals surface area contributed by atoms with Crippen LogP contribution in [-0.4, -0.2) is 12.0 Å². The van der Waals surface area contributed by atoms with Crippen LogP contribution in [0.2, 0.25) is 0 Å². The van der Waals surface area contributed by atoms with Crippen LogP contribution in [0.25, 0.3) is 0 Å². The van der Waals surface area contributed by atoms with Crippen molar-refractivity contribution in [3.63, 3.8) is 0 Å². The Balaban J connectivity index is 1.95. The fourth-order valence-corrected chi connectivity index (χ4v) is 2.41. The summed E-state index contributed by atoms with van der Waals surface area (Å²) in [6, 6.07) is 9.56. The number of rotatable bonds is 1. The SMILES string of the molecule is N#CC1(C2Oc3ccccc3NC2=O)CCC1. The van der Waals surface area contributed by atoms with E-state index in [4.69, 9.17) is 4.74 Å². The summed E-state index contributed by atoms with van der Waals surface area (Å²) in [7, 11) is 0. The highest BCUT2D eigenvalue weighted by Gasteiger charge is 2.51. The molecule has 0 radical (unpaired) electrons. The van der Waals surface area contributed by atoms with Crippen LogP contribution < -0.4 is 10.1 Å². The normalized spacial score (nSPS) is 24.6. The average Bonchev–Trinajstić information content (AvgIpc) is 2.29. The number of amides is 1. The lowest BCUT2D eigenvalue weighted by Crippen LogP contribution is -2.52. The highest BCUT2D eigenvalue weighted by molar-refractivity contribution is 5.98. The van der Waals surface area contributed by atoms with Gasteiger partial charge in [-0.15, -0.1) is 0 Å². The molecular weight excluding hydrogens is 216 g/mol. The van der Waals surface area contributed by atoms with E-state index in [-0.39, 0.29) is 5.91 Å². The Labute approximate surface area is 99.2 Å². The molecule has 1 amide bonds. The van der Waals surface area contributed by atoms with Gasteiger partial charge in [0.05, 0.1) is 11.8 Å². The minimum atomic E-state index is -0.670. The van der Waals surface area contributed by atoms with Gasteiger partial charge < -0.3 is 10.1 Å². The molecule has 1 aromatic carbocycles. The number of fused-ring (bicyclic) bond motifs is 1. The van der Waals surface area contributed by atoms with Gasteiger partial charge in [-0.2, -0.15) is 5.26 Å². The monoisotopic (exact) mass is 228 g/mol. The highest BCUT2D eigenvalue weighted by atomic mass is 16.5. The third-order valence-corrected chi connectivity index (χ3v) is 3.60. The van der Waals surface area contributed by atoms with E-state index >= 15 is 0 Å². The van der Waals surface area contributed by atoms with Crippen LogP contribution in [0.3, 0.4) is 0 Å². The minimum Gasteiger partial charge on any atom is -0.477 e. The average molecular weight is 228 g/mol. The van der Waals surface area contributed by atoms with Crippen molar-refractivity contribution in [3.05, 3.63) is 24.3 Å². The Morgan fingerprint density at radius 2 is 2.18 bits per heavy atom. The number of nitrogens with zero attached hydrogens (tertiary/aromatic N) is 1. The van der Waals surface area contributed by atoms with Crippen molar-refractivity contribution in [2.45, 2.75) is 25.4 Å². The standard InChI is InChI=1S/C13H12N2O2/c14-8-13(6-3-7-13)11-12(16)15-9-4-1-2-5-10(9)17-11/h1-2,4-5,11H,3,6-7H2,(H,15,16). The fourth-order valence-electron chi connectivity index (χ4n) is 2.41. The van der Waals surface area contributed by atoms with Crippen LogP contribution in [0.15, 0.2) is 24.3 Å². The second-order valence-corrected chi connectivity index (χ2v) is 4.60. The lowest BCUT2D eigenvalue weighted by Gasteiger charge is -2.42. The number of nitrogens with one attached hydrogen (secondary N) is 1. The van der Waals surface area contributed by atoms with E-state index < -0.39 is 11.5 Å². The number of benzene rings is 1. The zero-order valence-electron chi connectivity index (χ0n) is 9.27. The second-order valence-electron chi connectivity index (χ2n) is 4.60. The van der Waals surface area contributed by atoms with E-state index in [2.05, 4.69) is 11.4 Å². The summed E-state index contributed by atoms with van der Waals surface area (Å²) in [5.74, 6) is 0.448. The Morgan fingerprint density at radius 1 is 1.41 bits per heavy atom. The van der Waals surface area contributed by atoms with Crippen LogP contribution >= 0.6 is 0 Å². The van der Waals surface area contributed by atoms with Gasteiger partial charge in [-0.05, 0) is 31.4 Å². The number of hydrogen-bond acceptors (Lipinski definition) is 3. The van der Waals surface area contributed by atoms with Gasteiger partial charge in [0.1, 0.15) is 11.2 Å². The van der Waals surface area contributed by atoms with Gasteiger partial charge in [0.25, 0.3) is 5.91 Å². The Hall–Kier alpha value is -2.02. The molecule has 3 rings (SSSR count). The van der Waals surface area contributed by atoms with Gasteiger partial charge in [0, 0.05) is 0 Å². The lowest BCUT2D eigenvalue weighted by atomic mass is 9.65. The molecule has 1 aliphatic carbocycles. The topological polar surface area (TPSA) is 62.1 Å². The molecule has 1 aliphatic heterocycles. The van der Waals surface area contributed by atoms with Crippen LogP contribution in [-0.2, 0) is 4.79 Å². The number of para-hydroxylation sites is 2. The van der Waals surface area contributed by atoms with E-state index in [1.165, 1.54) is 0 Å². The smallest absolute Gasteiger partial charge is 0.267 e. The summed E-state index contributed by atoms with van der Waals surface area (Å²) in [6.07, 6.45) is 1.80. The first kappa shape index (κ1) is 10.2. The fraction of sp³-hybridized carbons (Fsp3) is 0.385. The number of hydrogen-bond donors (Lipinski definition) is 1. The van der Waals surface area contributed by atoms with E-state index in [0.717, 1.165) is 19.3 Å². The van der Waals surface area contributed by atoms with Gasteiger partial charge >= 0.3 is 0 Å². The molecule has 1 atom stereocenters. The molecule has 1 fully saturated rings. The minimum absolute atomic E-state index is 0.204. The van der Waals surface area contributed by atoms with Crippen LogP contribution in [0.5, 0.6) is 5.75 Å². The predicted octanol–water partition coefficient (Wildman–Crippen LogP) is 2.08. The third-order valence-electron chi connectivity index (χ3n) is 3.60. The second kappa shape index (κ2) is 3.49. The largest absolute Gasteiger partial charge is 0.477 e. The summed E-state index contributed by atoms with van der Waals surface area (Å²) in [4.78, 5) is 12.0. The van der Waals surface area contributed by atoms with E-state index in [0.29, 0.717) is 11.4 Å². The van der Waals surface area contributed by atoms with Gasteiger partial charge in [0.2, 0.25) is 0 Å². The summed E-state index contributed by atoms with van der Waals surface area (Å²) >= 11 is 0. The summed E-state index contributed by atoms with van der Waals surface area (Å²) in [5.41, 5.74) is 0.0543. The van der Waals surface area contributed by atoms with Gasteiger partial charge in [-0.3, -0.25) is 4.79 Å². The number of ether oxygens (including phenoxy) is 1. The van der Waals surface area contributed by atoms with Crippen molar-refractivity contribution in [2.24, 2.45) is 5.41 Å². The third kappa shape index (κ3) is 1.39. The molecule has 1 saturated carbocycles. The molecule has 1 N–H and O–H groups in total. The van der Waals surface area contributed by atoms with Gasteiger partial charge in [0.15, 0.2) is 6.10 Å². The first-order valence-electron chi connectivity index (χ1n) is 5.73. The van der Waals surface area contributed by atoms with Crippen molar-refractivity contribution in [1.82, 2.24) is 0 Å². The maximum atomic E-state index is 12.0. The molecule has 2 aliphatic rings. The van der Waals surface area contributed by atoms with Crippen molar-refractivity contribution in [3.8, 4) is 11.8 Å². The maximum Gasteiger partial charge on any atom is 0.267 e. The molecule has 1 aromatic rings. The predicted molar refractivity (Wildman–Crippen MR) is 61.4 cm³/mol. The van der Waals surface area contributed by atoms with Crippen molar-refractivity contribution >= 4 is 11.6 Å². The number of carbonyl (C=O) groups excluding carboxylic acids is 1. The molecular formula is C13H12N2O2. The molecule has 0 saturated heterocycles. The molecule has 1 heterocycles. The molecule has 0 aromatic heterocycles. The van der Waals surface area contributed by atoms with Gasteiger partial charge in [-0.1, -0.05) is 12.1 Å². The number of nitriles is 1. The molecule has 4 nitrogen and oxygen atoms in total. The molecule has 0 spiro atoms. The van der Waals surface area contributed by atoms with Gasteiger partial charge in [-0.25, -0.2) is 0 Å². The molecule has 17 heavy (non-hydrogen) atoms. The van der Waals surface area contributed by atoms with Crippen LogP contribution in [0, 0.1) is 16.7 Å². The van der Waals surface area contributed by atoms with Crippen LogP contribution in [0.4, 0.5) is 5.69 Å². The summed E-state index contributed by atoms with van der Waals surface area (Å²) in [5, 5.41) is 12.0. The summed E-state index contributed by atoms with van der Waals surface area (Å²) < 4.78 is 5.71. The Bertz CT molecular complexity index is 514. The zero-order chi connectivity index (χ0) is 11.9. The van der Waals surface area contributed by atoms with E-state index in [1.54, 1.807) is 6.07 Å². The van der Waals surface area contributed by atoms with Crippen molar-refractivity contribution in [1.29, 1.82) is 5.26 Å². The Kier molecular flexibility index (Phi) is 2.08. The molecule has 0 bridgehead atoms. The first-order chi connectivity index (χ1) is 8.25. The maximum absolute atomic E-state index is 12.0.